The monoisotopic (exact) mass is 270 g/mol. The van der Waals surface area contributed by atoms with E-state index in [1.165, 1.54) is 0 Å². The Kier molecular flexibility index (Phi) is 4.31. The molecule has 1 aliphatic rings. The van der Waals surface area contributed by atoms with Crippen LogP contribution in [-0.4, -0.2) is 46.8 Å². The van der Waals surface area contributed by atoms with Crippen LogP contribution in [-0.2, 0) is 9.53 Å². The van der Waals surface area contributed by atoms with Crippen LogP contribution in [0.5, 0.6) is 0 Å². The molecule has 5 nitrogen and oxygen atoms in total. The van der Waals surface area contributed by atoms with Crippen molar-refractivity contribution in [2.45, 2.75) is 25.9 Å². The maximum Gasteiger partial charge on any atom is 0.310 e. The second-order valence-corrected chi connectivity index (χ2v) is 5.35. The van der Waals surface area contributed by atoms with Crippen molar-refractivity contribution < 1.29 is 14.6 Å². The van der Waals surface area contributed by atoms with Crippen molar-refractivity contribution in [1.29, 1.82) is 0 Å². The third-order valence-electron chi connectivity index (χ3n) is 3.47. The molecule has 100 valence electrons. The highest BCUT2D eigenvalue weighted by Gasteiger charge is 2.39. The summed E-state index contributed by atoms with van der Waals surface area (Å²) in [6.45, 7) is 5.70. The van der Waals surface area contributed by atoms with Gasteiger partial charge >= 0.3 is 5.97 Å². The average molecular weight is 270 g/mol. The van der Waals surface area contributed by atoms with Crippen LogP contribution in [0.2, 0.25) is 0 Å². The van der Waals surface area contributed by atoms with Crippen LogP contribution in [0.4, 0.5) is 0 Å². The maximum absolute atomic E-state index is 11.2. The Balaban J connectivity index is 2.15. The lowest BCUT2D eigenvalue weighted by Crippen LogP contribution is -2.44. The van der Waals surface area contributed by atoms with E-state index >= 15 is 0 Å². The summed E-state index contributed by atoms with van der Waals surface area (Å²) in [5.74, 6) is -1.21. The summed E-state index contributed by atoms with van der Waals surface area (Å²) >= 11 is 1.60. The number of hydrogen-bond acceptors (Lipinski definition) is 5. The number of likely N-dealkylation sites (N-methyl/N-ethyl adjacent to an activating group) is 1. The molecule has 6 heteroatoms. The lowest BCUT2D eigenvalue weighted by atomic mass is 10.0. The Hall–Kier alpha value is -0.980. The van der Waals surface area contributed by atoms with E-state index in [0.29, 0.717) is 13.2 Å². The van der Waals surface area contributed by atoms with Crippen molar-refractivity contribution >= 4 is 17.3 Å². The predicted molar refractivity (Wildman–Crippen MR) is 68.6 cm³/mol. The molecule has 3 atom stereocenters. The molecular formula is C12H18N2O3S. The van der Waals surface area contributed by atoms with Gasteiger partial charge in [-0.15, -0.1) is 11.3 Å². The van der Waals surface area contributed by atoms with Crippen LogP contribution in [0.15, 0.2) is 11.6 Å². The molecule has 1 aromatic heterocycles. The number of nitrogens with zero attached hydrogens (tertiary/aromatic N) is 2. The summed E-state index contributed by atoms with van der Waals surface area (Å²) in [5.41, 5.74) is 0. The third kappa shape index (κ3) is 2.55. The molecule has 0 bridgehead atoms. The molecule has 1 aliphatic heterocycles. The predicted octanol–water partition coefficient (Wildman–Crippen LogP) is 1.63. The largest absolute Gasteiger partial charge is 0.481 e. The normalized spacial score (nSPS) is 25.5. The molecule has 1 N–H and O–H groups in total. The minimum atomic E-state index is -0.776. The Morgan fingerprint density at radius 1 is 1.72 bits per heavy atom. The van der Waals surface area contributed by atoms with Gasteiger partial charge in [0.15, 0.2) is 0 Å². The fourth-order valence-corrected chi connectivity index (χ4v) is 3.20. The number of carbonyl (C=O) groups is 1. The van der Waals surface area contributed by atoms with Gasteiger partial charge in [0.2, 0.25) is 0 Å². The van der Waals surface area contributed by atoms with E-state index in [1.54, 1.807) is 17.5 Å². The van der Waals surface area contributed by atoms with Crippen molar-refractivity contribution in [2.24, 2.45) is 5.92 Å². The van der Waals surface area contributed by atoms with E-state index in [9.17, 15) is 9.90 Å². The van der Waals surface area contributed by atoms with E-state index in [-0.39, 0.29) is 12.1 Å². The first-order valence-electron chi connectivity index (χ1n) is 6.10. The Bertz CT molecular complexity index is 396. The number of aliphatic carboxylic acids is 1. The highest BCUT2D eigenvalue weighted by Crippen LogP contribution is 2.29. The zero-order chi connectivity index (χ0) is 13.1. The summed E-state index contributed by atoms with van der Waals surface area (Å²) in [6.07, 6.45) is 1.78. The molecule has 1 saturated heterocycles. The summed E-state index contributed by atoms with van der Waals surface area (Å²) in [4.78, 5) is 17.7. The van der Waals surface area contributed by atoms with Crippen molar-refractivity contribution in [2.75, 3.05) is 19.8 Å². The number of carboxylic acid groups (broad SMARTS) is 1. The standard InChI is InChI=1S/C12H18N2O3S/c1-3-14(8(2)11-13-4-5-18-11)10-7-17-6-9(10)12(15)16/h4-5,8-10H,3,6-7H2,1-2H3,(H,15,16). The van der Waals surface area contributed by atoms with Gasteiger partial charge in [-0.25, -0.2) is 4.98 Å². The average Bonchev–Trinajstić information content (AvgIpc) is 3.00. The number of ether oxygens (including phenoxy) is 1. The Morgan fingerprint density at radius 2 is 2.50 bits per heavy atom. The van der Waals surface area contributed by atoms with E-state index in [1.807, 2.05) is 12.3 Å². The molecule has 2 heterocycles. The van der Waals surface area contributed by atoms with Crippen LogP contribution in [0, 0.1) is 5.92 Å². The smallest absolute Gasteiger partial charge is 0.310 e. The number of aromatic nitrogens is 1. The minimum absolute atomic E-state index is 0.0635. The zero-order valence-electron chi connectivity index (χ0n) is 10.6. The highest BCUT2D eigenvalue weighted by molar-refractivity contribution is 7.09. The van der Waals surface area contributed by atoms with Gasteiger partial charge in [-0.2, -0.15) is 0 Å². The van der Waals surface area contributed by atoms with Gasteiger partial charge in [0.05, 0.1) is 25.2 Å². The lowest BCUT2D eigenvalue weighted by molar-refractivity contribution is -0.143. The van der Waals surface area contributed by atoms with Gasteiger partial charge in [0, 0.05) is 17.6 Å². The SMILES string of the molecule is CCN(C(C)c1nccs1)C1COCC1C(=O)O. The van der Waals surface area contributed by atoms with Crippen LogP contribution < -0.4 is 0 Å². The fraction of sp³-hybridized carbons (Fsp3) is 0.667. The molecule has 18 heavy (non-hydrogen) atoms. The molecule has 0 saturated carbocycles. The zero-order valence-corrected chi connectivity index (χ0v) is 11.4. The molecule has 0 spiro atoms. The summed E-state index contributed by atoms with van der Waals surface area (Å²) in [6, 6.07) is 0.0648. The Labute approximate surface area is 110 Å². The number of carboxylic acids is 1. The van der Waals surface area contributed by atoms with E-state index in [4.69, 9.17) is 4.74 Å². The third-order valence-corrected chi connectivity index (χ3v) is 4.41. The van der Waals surface area contributed by atoms with Gasteiger partial charge in [-0.05, 0) is 13.5 Å². The van der Waals surface area contributed by atoms with Crippen molar-refractivity contribution in [3.63, 3.8) is 0 Å². The quantitative estimate of drug-likeness (QED) is 0.881. The first-order valence-corrected chi connectivity index (χ1v) is 6.98. The highest BCUT2D eigenvalue weighted by atomic mass is 32.1. The van der Waals surface area contributed by atoms with Crippen LogP contribution in [0.3, 0.4) is 0 Å². The van der Waals surface area contributed by atoms with Gasteiger partial charge in [-0.1, -0.05) is 6.92 Å². The molecular weight excluding hydrogens is 252 g/mol. The van der Waals surface area contributed by atoms with Gasteiger partial charge in [0.1, 0.15) is 5.01 Å². The van der Waals surface area contributed by atoms with Crippen molar-refractivity contribution in [1.82, 2.24) is 9.88 Å². The first kappa shape index (κ1) is 13.5. The van der Waals surface area contributed by atoms with E-state index in [0.717, 1.165) is 11.6 Å². The van der Waals surface area contributed by atoms with Gasteiger partial charge in [-0.3, -0.25) is 9.69 Å². The van der Waals surface area contributed by atoms with Gasteiger partial charge < -0.3 is 9.84 Å². The second-order valence-electron chi connectivity index (χ2n) is 4.43. The van der Waals surface area contributed by atoms with Crippen LogP contribution >= 0.6 is 11.3 Å². The summed E-state index contributed by atoms with van der Waals surface area (Å²) in [7, 11) is 0. The van der Waals surface area contributed by atoms with Crippen LogP contribution in [0.25, 0.3) is 0 Å². The molecule has 1 aromatic rings. The first-order chi connectivity index (χ1) is 8.65. The minimum Gasteiger partial charge on any atom is -0.481 e. The fourth-order valence-electron chi connectivity index (χ4n) is 2.48. The molecule has 0 amide bonds. The number of rotatable bonds is 5. The molecule has 0 aromatic carbocycles. The molecule has 3 unspecified atom stereocenters. The summed E-state index contributed by atoms with van der Waals surface area (Å²) in [5, 5.41) is 12.2. The maximum atomic E-state index is 11.2. The topological polar surface area (TPSA) is 62.7 Å². The Morgan fingerprint density at radius 3 is 3.06 bits per heavy atom. The molecule has 2 rings (SSSR count). The van der Waals surface area contributed by atoms with E-state index < -0.39 is 11.9 Å². The molecule has 1 fully saturated rings. The molecule has 0 radical (unpaired) electrons. The van der Waals surface area contributed by atoms with Crippen molar-refractivity contribution in [3.8, 4) is 0 Å². The second kappa shape index (κ2) is 5.77. The number of thiazole rings is 1. The lowest BCUT2D eigenvalue weighted by Gasteiger charge is -2.33. The summed E-state index contributed by atoms with van der Waals surface area (Å²) < 4.78 is 5.34. The van der Waals surface area contributed by atoms with E-state index in [2.05, 4.69) is 16.8 Å². The van der Waals surface area contributed by atoms with Gasteiger partial charge in [0.25, 0.3) is 0 Å². The number of hydrogen-bond donors (Lipinski definition) is 1. The van der Waals surface area contributed by atoms with Crippen LogP contribution in [0.1, 0.15) is 24.9 Å². The van der Waals surface area contributed by atoms with Crippen molar-refractivity contribution in [3.05, 3.63) is 16.6 Å². The molecule has 0 aliphatic carbocycles.